The van der Waals surface area contributed by atoms with Gasteiger partial charge in [0.25, 0.3) is 0 Å². The van der Waals surface area contributed by atoms with Crippen LogP contribution in [0.5, 0.6) is 5.75 Å². The second kappa shape index (κ2) is 6.23. The van der Waals surface area contributed by atoms with Crippen LogP contribution < -0.4 is 5.32 Å². The summed E-state index contributed by atoms with van der Waals surface area (Å²) < 4.78 is 0. The molecule has 4 nitrogen and oxygen atoms in total. The predicted octanol–water partition coefficient (Wildman–Crippen LogP) is 4.50. The molecule has 0 spiro atoms. The molecule has 0 fully saturated rings. The number of nitrogens with one attached hydrogen (secondary N) is 1. The van der Waals surface area contributed by atoms with Gasteiger partial charge in [-0.25, -0.2) is 4.79 Å². The van der Waals surface area contributed by atoms with Crippen molar-refractivity contribution in [3.63, 3.8) is 0 Å². The Morgan fingerprint density at radius 3 is 2.22 bits per heavy atom. The summed E-state index contributed by atoms with van der Waals surface area (Å²) in [5.41, 5.74) is 2.98. The minimum atomic E-state index is -1.02. The van der Waals surface area contributed by atoms with Crippen LogP contribution in [-0.2, 0) is 0 Å². The van der Waals surface area contributed by atoms with Crippen LogP contribution >= 0.6 is 0 Å². The van der Waals surface area contributed by atoms with Gasteiger partial charge in [0.2, 0.25) is 0 Å². The summed E-state index contributed by atoms with van der Waals surface area (Å²) >= 11 is 0. The Morgan fingerprint density at radius 1 is 0.783 bits per heavy atom. The Kier molecular flexibility index (Phi) is 3.97. The largest absolute Gasteiger partial charge is 0.506 e. The number of phenolic OH excluding ortho intramolecular Hbond substituents is 1. The molecule has 0 saturated carbocycles. The van der Waals surface area contributed by atoms with Crippen molar-refractivity contribution in [2.45, 2.75) is 0 Å². The van der Waals surface area contributed by atoms with E-state index in [-0.39, 0.29) is 11.3 Å². The van der Waals surface area contributed by atoms with Crippen LogP contribution in [0.4, 0.5) is 11.4 Å². The van der Waals surface area contributed by atoms with E-state index in [2.05, 4.69) is 5.32 Å². The molecule has 0 unspecified atom stereocenters. The van der Waals surface area contributed by atoms with E-state index in [0.29, 0.717) is 11.4 Å². The molecule has 0 aliphatic carbocycles. The number of para-hydroxylation sites is 1. The van der Waals surface area contributed by atoms with E-state index in [1.165, 1.54) is 6.07 Å². The molecule has 0 heterocycles. The molecule has 4 heteroatoms. The molecule has 3 aromatic carbocycles. The number of anilines is 2. The summed E-state index contributed by atoms with van der Waals surface area (Å²) in [6, 6.07) is 21.6. The Hall–Kier alpha value is -3.27. The molecule has 0 saturated heterocycles. The number of carbonyl (C=O) groups is 1. The highest BCUT2D eigenvalue weighted by molar-refractivity contribution is 5.95. The van der Waals surface area contributed by atoms with E-state index in [1.807, 2.05) is 36.4 Å². The third-order valence-corrected chi connectivity index (χ3v) is 3.53. The van der Waals surface area contributed by atoms with E-state index in [0.717, 1.165) is 11.1 Å². The highest BCUT2D eigenvalue weighted by Crippen LogP contribution is 2.32. The van der Waals surface area contributed by atoms with Gasteiger partial charge in [0.15, 0.2) is 0 Å². The summed E-state index contributed by atoms with van der Waals surface area (Å²) in [5.74, 6) is -0.961. The number of aromatic carboxylic acids is 1. The average Bonchev–Trinajstić information content (AvgIpc) is 2.58. The Morgan fingerprint density at radius 2 is 1.48 bits per heavy atom. The molecule has 23 heavy (non-hydrogen) atoms. The van der Waals surface area contributed by atoms with Crippen LogP contribution in [0, 0.1) is 0 Å². The van der Waals surface area contributed by atoms with Gasteiger partial charge in [-0.05, 0) is 35.4 Å². The average molecular weight is 305 g/mol. The lowest BCUT2D eigenvalue weighted by Gasteiger charge is -2.12. The van der Waals surface area contributed by atoms with Crippen LogP contribution in [0.25, 0.3) is 11.1 Å². The number of rotatable bonds is 4. The molecule has 0 aliphatic rings. The smallest absolute Gasteiger partial charge is 0.337 e. The van der Waals surface area contributed by atoms with Crippen LogP contribution in [0.3, 0.4) is 0 Å². The summed E-state index contributed by atoms with van der Waals surface area (Å²) in [6.45, 7) is 0. The first-order valence-corrected chi connectivity index (χ1v) is 7.13. The number of carboxylic acid groups (broad SMARTS) is 1. The van der Waals surface area contributed by atoms with E-state index in [4.69, 9.17) is 0 Å². The van der Waals surface area contributed by atoms with Gasteiger partial charge in [-0.2, -0.15) is 0 Å². The number of benzene rings is 3. The Labute approximate surface area is 133 Å². The number of phenols is 1. The molecule has 0 aromatic heterocycles. The van der Waals surface area contributed by atoms with E-state index in [9.17, 15) is 15.0 Å². The van der Waals surface area contributed by atoms with Crippen molar-refractivity contribution in [2.24, 2.45) is 0 Å². The van der Waals surface area contributed by atoms with Gasteiger partial charge in [-0.1, -0.05) is 48.5 Å². The molecule has 0 radical (unpaired) electrons. The molecule has 0 amide bonds. The van der Waals surface area contributed by atoms with Crippen molar-refractivity contribution in [3.05, 3.63) is 78.4 Å². The molecule has 0 atom stereocenters. The van der Waals surface area contributed by atoms with Gasteiger partial charge in [-0.15, -0.1) is 0 Å². The highest BCUT2D eigenvalue weighted by atomic mass is 16.4. The van der Waals surface area contributed by atoms with Gasteiger partial charge < -0.3 is 15.5 Å². The van der Waals surface area contributed by atoms with E-state index in [1.54, 1.807) is 30.3 Å². The Balaban J connectivity index is 1.99. The zero-order valence-electron chi connectivity index (χ0n) is 12.2. The lowest BCUT2D eigenvalue weighted by molar-refractivity contribution is 0.0698. The van der Waals surface area contributed by atoms with Crippen molar-refractivity contribution in [1.82, 2.24) is 0 Å². The summed E-state index contributed by atoms with van der Waals surface area (Å²) in [5, 5.41) is 22.3. The minimum absolute atomic E-state index is 0.0601. The fraction of sp³-hybridized carbons (Fsp3) is 0. The topological polar surface area (TPSA) is 69.6 Å². The van der Waals surface area contributed by atoms with Gasteiger partial charge >= 0.3 is 5.97 Å². The van der Waals surface area contributed by atoms with Crippen molar-refractivity contribution in [3.8, 4) is 16.9 Å². The quantitative estimate of drug-likeness (QED) is 0.621. The first-order chi connectivity index (χ1) is 11.1. The first kappa shape index (κ1) is 14.7. The molecular weight excluding hydrogens is 290 g/mol. The summed E-state index contributed by atoms with van der Waals surface area (Å²) in [7, 11) is 0. The molecular formula is C19H15NO3. The van der Waals surface area contributed by atoms with Crippen LogP contribution in [0.1, 0.15) is 10.4 Å². The monoisotopic (exact) mass is 305 g/mol. The van der Waals surface area contributed by atoms with Gasteiger partial charge in [0.05, 0.1) is 16.9 Å². The van der Waals surface area contributed by atoms with E-state index >= 15 is 0 Å². The van der Waals surface area contributed by atoms with Crippen molar-refractivity contribution in [2.75, 3.05) is 5.32 Å². The lowest BCUT2D eigenvalue weighted by Crippen LogP contribution is -2.02. The number of hydrogen-bond donors (Lipinski definition) is 3. The molecule has 114 valence electrons. The SMILES string of the molecule is O=C(O)c1ccccc1Nc1cc(-c2ccccc2)ccc1O. The fourth-order valence-corrected chi connectivity index (χ4v) is 2.37. The minimum Gasteiger partial charge on any atom is -0.506 e. The van der Waals surface area contributed by atoms with Crippen LogP contribution in [-0.4, -0.2) is 16.2 Å². The normalized spacial score (nSPS) is 10.3. The van der Waals surface area contributed by atoms with Gasteiger partial charge in [-0.3, -0.25) is 0 Å². The van der Waals surface area contributed by atoms with Crippen LogP contribution in [0.2, 0.25) is 0 Å². The second-order valence-corrected chi connectivity index (χ2v) is 5.07. The van der Waals surface area contributed by atoms with E-state index < -0.39 is 5.97 Å². The Bertz CT molecular complexity index is 844. The standard InChI is InChI=1S/C19H15NO3/c21-18-11-10-14(13-6-2-1-3-7-13)12-17(18)20-16-9-5-4-8-15(16)19(22)23/h1-12,20-21H,(H,22,23). The number of carboxylic acids is 1. The summed E-state index contributed by atoms with van der Waals surface area (Å²) in [4.78, 5) is 11.3. The van der Waals surface area contributed by atoms with Crippen LogP contribution in [0.15, 0.2) is 72.8 Å². The molecule has 3 aromatic rings. The van der Waals surface area contributed by atoms with Gasteiger partial charge in [0.1, 0.15) is 5.75 Å². The third kappa shape index (κ3) is 3.16. The first-order valence-electron chi connectivity index (χ1n) is 7.13. The number of hydrogen-bond acceptors (Lipinski definition) is 3. The zero-order chi connectivity index (χ0) is 16.2. The van der Waals surface area contributed by atoms with Gasteiger partial charge in [0, 0.05) is 0 Å². The zero-order valence-corrected chi connectivity index (χ0v) is 12.2. The van der Waals surface area contributed by atoms with Crippen molar-refractivity contribution < 1.29 is 15.0 Å². The number of aromatic hydroxyl groups is 1. The fourth-order valence-electron chi connectivity index (χ4n) is 2.37. The highest BCUT2D eigenvalue weighted by Gasteiger charge is 2.11. The third-order valence-electron chi connectivity index (χ3n) is 3.53. The van der Waals surface area contributed by atoms with Crippen molar-refractivity contribution in [1.29, 1.82) is 0 Å². The predicted molar refractivity (Wildman–Crippen MR) is 90.2 cm³/mol. The molecule has 3 N–H and O–H groups in total. The molecule has 3 rings (SSSR count). The van der Waals surface area contributed by atoms with Crippen molar-refractivity contribution >= 4 is 17.3 Å². The molecule has 0 bridgehead atoms. The maximum Gasteiger partial charge on any atom is 0.337 e. The maximum absolute atomic E-state index is 11.3. The lowest BCUT2D eigenvalue weighted by atomic mass is 10.0. The molecule has 0 aliphatic heterocycles. The maximum atomic E-state index is 11.3. The summed E-state index contributed by atoms with van der Waals surface area (Å²) in [6.07, 6.45) is 0. The second-order valence-electron chi connectivity index (χ2n) is 5.07.